The Labute approximate surface area is 193 Å². The van der Waals surface area contributed by atoms with Crippen LogP contribution < -0.4 is 20.3 Å². The molecular formula is C20H29N9O3S. The summed E-state index contributed by atoms with van der Waals surface area (Å²) in [6.45, 7) is 7.61. The van der Waals surface area contributed by atoms with Gasteiger partial charge in [0, 0.05) is 56.7 Å². The van der Waals surface area contributed by atoms with E-state index >= 15 is 0 Å². The highest BCUT2D eigenvalue weighted by atomic mass is 32.2. The molecule has 1 unspecified atom stereocenters. The molecule has 0 radical (unpaired) electrons. The van der Waals surface area contributed by atoms with Crippen LogP contribution in [0.5, 0.6) is 0 Å². The van der Waals surface area contributed by atoms with E-state index in [1.807, 2.05) is 0 Å². The molecule has 5 rings (SSSR count). The predicted octanol–water partition coefficient (Wildman–Crippen LogP) is -0.358. The van der Waals surface area contributed by atoms with Crippen LogP contribution >= 0.6 is 0 Å². The summed E-state index contributed by atoms with van der Waals surface area (Å²) in [5.74, 6) is 1.68. The molecule has 33 heavy (non-hydrogen) atoms. The molecule has 3 N–H and O–H groups in total. The van der Waals surface area contributed by atoms with Crippen LogP contribution in [0.25, 0.3) is 11.3 Å². The van der Waals surface area contributed by atoms with Gasteiger partial charge in [0.05, 0.1) is 30.5 Å². The van der Waals surface area contributed by atoms with Crippen LogP contribution in [0.3, 0.4) is 0 Å². The van der Waals surface area contributed by atoms with Gasteiger partial charge in [0.2, 0.25) is 11.9 Å². The fourth-order valence-corrected chi connectivity index (χ4v) is 5.96. The summed E-state index contributed by atoms with van der Waals surface area (Å²) in [5.41, 5.74) is 7.94. The quantitative estimate of drug-likeness (QED) is 0.588. The number of ether oxygens (including phenoxy) is 1. The van der Waals surface area contributed by atoms with Crippen molar-refractivity contribution < 1.29 is 13.2 Å². The Balaban J connectivity index is 1.56. The number of hydrogen-bond donors (Lipinski definition) is 2. The molecular weight excluding hydrogens is 446 g/mol. The molecule has 3 aliphatic heterocycles. The summed E-state index contributed by atoms with van der Waals surface area (Å²) >= 11 is 0. The monoisotopic (exact) mass is 475 g/mol. The van der Waals surface area contributed by atoms with Crippen molar-refractivity contribution in [3.8, 4) is 11.3 Å². The molecule has 2 saturated heterocycles. The molecule has 2 aromatic heterocycles. The van der Waals surface area contributed by atoms with Gasteiger partial charge in [-0.25, -0.2) is 19.7 Å². The summed E-state index contributed by atoms with van der Waals surface area (Å²) < 4.78 is 33.9. The number of aromatic nitrogens is 4. The second kappa shape index (κ2) is 8.01. The first-order valence-electron chi connectivity index (χ1n) is 11.0. The van der Waals surface area contributed by atoms with Gasteiger partial charge in [-0.2, -0.15) is 17.7 Å². The zero-order valence-corrected chi connectivity index (χ0v) is 19.8. The van der Waals surface area contributed by atoms with E-state index in [4.69, 9.17) is 20.4 Å². The number of nitrogens with one attached hydrogen (secondary N) is 1. The average Bonchev–Trinajstić information content (AvgIpc) is 3.21. The highest BCUT2D eigenvalue weighted by molar-refractivity contribution is 7.87. The van der Waals surface area contributed by atoms with Gasteiger partial charge in [0.15, 0.2) is 0 Å². The van der Waals surface area contributed by atoms with Gasteiger partial charge >= 0.3 is 0 Å². The molecule has 0 amide bonds. The fourth-order valence-electron chi connectivity index (χ4n) is 4.80. The second-order valence-electron chi connectivity index (χ2n) is 9.00. The SMILES string of the molecule is CNS(=O)(=O)N1CC(C)(N2CCc3c(-c4cnc(N)nc4)nc(N4CCOCC4C)nc32)C1. The summed E-state index contributed by atoms with van der Waals surface area (Å²) in [6, 6.07) is 0.137. The van der Waals surface area contributed by atoms with Gasteiger partial charge in [0.1, 0.15) is 5.82 Å². The van der Waals surface area contributed by atoms with E-state index in [1.165, 1.54) is 11.4 Å². The molecule has 0 spiro atoms. The molecule has 13 heteroatoms. The van der Waals surface area contributed by atoms with Crippen molar-refractivity contribution in [3.63, 3.8) is 0 Å². The molecule has 2 aromatic rings. The van der Waals surface area contributed by atoms with Crippen LogP contribution in [0.15, 0.2) is 12.4 Å². The Morgan fingerprint density at radius 1 is 1.21 bits per heavy atom. The minimum atomic E-state index is -3.45. The van der Waals surface area contributed by atoms with E-state index in [0.717, 1.165) is 35.6 Å². The first kappa shape index (κ1) is 22.2. The van der Waals surface area contributed by atoms with Crippen LogP contribution in [-0.2, 0) is 21.4 Å². The molecule has 3 aliphatic rings. The number of nitrogens with zero attached hydrogens (tertiary/aromatic N) is 7. The van der Waals surface area contributed by atoms with Crippen LogP contribution in [-0.4, -0.2) is 90.7 Å². The van der Waals surface area contributed by atoms with Crippen molar-refractivity contribution in [2.45, 2.75) is 31.8 Å². The lowest BCUT2D eigenvalue weighted by molar-refractivity contribution is 0.0981. The third-order valence-corrected chi connectivity index (χ3v) is 8.12. The van der Waals surface area contributed by atoms with Gasteiger partial charge in [0.25, 0.3) is 10.2 Å². The maximum Gasteiger partial charge on any atom is 0.279 e. The standard InChI is InChI=1S/C20H29N9O3S/c1-13-10-32-7-6-28(13)19-25-16(14-8-23-18(21)24-9-14)15-4-5-29(17(15)26-19)20(2)11-27(12-20)33(30,31)22-3/h8-9,13,22H,4-7,10-12H2,1-3H3,(H2,21,23,24). The Morgan fingerprint density at radius 3 is 2.61 bits per heavy atom. The van der Waals surface area contributed by atoms with E-state index in [-0.39, 0.29) is 17.5 Å². The van der Waals surface area contributed by atoms with Crippen molar-refractivity contribution in [2.24, 2.45) is 0 Å². The molecule has 0 bridgehead atoms. The molecule has 5 heterocycles. The summed E-state index contributed by atoms with van der Waals surface area (Å²) in [7, 11) is -2.02. The second-order valence-corrected chi connectivity index (χ2v) is 10.9. The lowest BCUT2D eigenvalue weighted by atomic mass is 9.93. The number of fused-ring (bicyclic) bond motifs is 1. The fraction of sp³-hybridized carbons (Fsp3) is 0.600. The third kappa shape index (κ3) is 3.78. The highest BCUT2D eigenvalue weighted by Crippen LogP contribution is 2.42. The van der Waals surface area contributed by atoms with Crippen molar-refractivity contribution in [1.29, 1.82) is 0 Å². The van der Waals surface area contributed by atoms with Crippen LogP contribution in [0.4, 0.5) is 17.7 Å². The van der Waals surface area contributed by atoms with Gasteiger partial charge in [-0.15, -0.1) is 0 Å². The third-order valence-electron chi connectivity index (χ3n) is 6.67. The van der Waals surface area contributed by atoms with Crippen LogP contribution in [0.1, 0.15) is 19.4 Å². The number of hydrogen-bond acceptors (Lipinski definition) is 10. The first-order chi connectivity index (χ1) is 15.7. The lowest BCUT2D eigenvalue weighted by Crippen LogP contribution is -2.70. The average molecular weight is 476 g/mol. The van der Waals surface area contributed by atoms with Gasteiger partial charge in [-0.1, -0.05) is 0 Å². The zero-order valence-electron chi connectivity index (χ0n) is 19.0. The van der Waals surface area contributed by atoms with Crippen molar-refractivity contribution in [2.75, 3.05) is 62.0 Å². The molecule has 0 aliphatic carbocycles. The largest absolute Gasteiger partial charge is 0.377 e. The van der Waals surface area contributed by atoms with Crippen molar-refractivity contribution >= 4 is 27.9 Å². The van der Waals surface area contributed by atoms with E-state index in [9.17, 15) is 8.42 Å². The minimum Gasteiger partial charge on any atom is -0.377 e. The van der Waals surface area contributed by atoms with Gasteiger partial charge in [-0.05, 0) is 20.3 Å². The van der Waals surface area contributed by atoms with E-state index < -0.39 is 10.2 Å². The minimum absolute atomic E-state index is 0.137. The van der Waals surface area contributed by atoms with E-state index in [2.05, 4.69) is 38.3 Å². The maximum absolute atomic E-state index is 12.2. The molecule has 0 aromatic carbocycles. The number of anilines is 3. The predicted molar refractivity (Wildman–Crippen MR) is 124 cm³/mol. The topological polar surface area (TPSA) is 143 Å². The molecule has 12 nitrogen and oxygen atoms in total. The summed E-state index contributed by atoms with van der Waals surface area (Å²) in [6.07, 6.45) is 4.13. The molecule has 1 atom stereocenters. The summed E-state index contributed by atoms with van der Waals surface area (Å²) in [4.78, 5) is 22.6. The van der Waals surface area contributed by atoms with Gasteiger partial charge < -0.3 is 20.3 Å². The van der Waals surface area contributed by atoms with Crippen molar-refractivity contribution in [1.82, 2.24) is 29.0 Å². The molecule has 2 fully saturated rings. The number of morpholine rings is 1. The van der Waals surface area contributed by atoms with Crippen LogP contribution in [0, 0.1) is 0 Å². The normalized spacial score (nSPS) is 22.8. The first-order valence-corrected chi connectivity index (χ1v) is 12.5. The smallest absolute Gasteiger partial charge is 0.279 e. The van der Waals surface area contributed by atoms with Gasteiger partial charge in [-0.3, -0.25) is 0 Å². The number of rotatable bonds is 5. The molecule has 0 saturated carbocycles. The number of nitrogens with two attached hydrogens (primary N) is 1. The maximum atomic E-state index is 12.2. The summed E-state index contributed by atoms with van der Waals surface area (Å²) in [5, 5.41) is 0. The van der Waals surface area contributed by atoms with E-state index in [0.29, 0.717) is 38.8 Å². The zero-order chi connectivity index (χ0) is 23.4. The van der Waals surface area contributed by atoms with Crippen molar-refractivity contribution in [3.05, 3.63) is 18.0 Å². The molecule has 178 valence electrons. The Morgan fingerprint density at radius 2 is 1.94 bits per heavy atom. The highest BCUT2D eigenvalue weighted by Gasteiger charge is 2.50. The van der Waals surface area contributed by atoms with E-state index in [1.54, 1.807) is 12.4 Å². The Bertz CT molecular complexity index is 1150. The van der Waals surface area contributed by atoms with Crippen LogP contribution in [0.2, 0.25) is 0 Å². The lowest BCUT2D eigenvalue weighted by Gasteiger charge is -2.52. The number of nitrogen functional groups attached to an aromatic ring is 1. The Kier molecular flexibility index (Phi) is 5.39. The Hall–Kier alpha value is -2.61.